The Balaban J connectivity index is 1.73. The number of hydrazone groups is 1. The second kappa shape index (κ2) is 7.37. The molecule has 2 aromatic carbocycles. The Hall–Kier alpha value is -2.70. The number of carbonyl (C=O) groups is 1. The number of hydrogen-bond acceptors (Lipinski definition) is 3. The molecule has 28 heavy (non-hydrogen) atoms. The quantitative estimate of drug-likeness (QED) is 0.496. The Labute approximate surface area is 176 Å². The number of anilines is 1. The van der Waals surface area contributed by atoms with Crippen LogP contribution in [0.2, 0.25) is 5.15 Å². The van der Waals surface area contributed by atoms with Gasteiger partial charge in [0, 0.05) is 10.0 Å². The van der Waals surface area contributed by atoms with E-state index in [-0.39, 0.29) is 5.91 Å². The molecule has 1 aliphatic heterocycles. The number of aryl methyl sites for hydroxylation is 1. The van der Waals surface area contributed by atoms with Crippen molar-refractivity contribution < 1.29 is 4.79 Å². The van der Waals surface area contributed by atoms with E-state index in [1.54, 1.807) is 10.8 Å². The molecule has 3 aromatic rings. The average molecular weight is 456 g/mol. The fourth-order valence-electron chi connectivity index (χ4n) is 3.03. The molecule has 1 aliphatic rings. The molecule has 1 amide bonds. The molecule has 0 N–H and O–H groups in total. The smallest absolute Gasteiger partial charge is 0.267 e. The number of hydrogen-bond donors (Lipinski definition) is 0. The molecule has 0 saturated heterocycles. The summed E-state index contributed by atoms with van der Waals surface area (Å²) >= 11 is 10.0. The topological polar surface area (TPSA) is 50.5 Å². The summed E-state index contributed by atoms with van der Waals surface area (Å²) in [4.78, 5) is 13.0. The predicted octanol–water partition coefficient (Wildman–Crippen LogP) is 5.40. The zero-order valence-electron chi connectivity index (χ0n) is 15.2. The van der Waals surface area contributed by atoms with E-state index in [1.165, 1.54) is 5.01 Å². The van der Waals surface area contributed by atoms with Gasteiger partial charge in [0.2, 0.25) is 0 Å². The van der Waals surface area contributed by atoms with E-state index in [0.717, 1.165) is 15.9 Å². The van der Waals surface area contributed by atoms with Crippen LogP contribution in [0.4, 0.5) is 5.69 Å². The van der Waals surface area contributed by atoms with E-state index in [0.29, 0.717) is 27.7 Å². The lowest BCUT2D eigenvalue weighted by molar-refractivity contribution is -0.114. The Kier molecular flexibility index (Phi) is 4.91. The van der Waals surface area contributed by atoms with Crippen LogP contribution in [-0.2, 0) is 4.79 Å². The van der Waals surface area contributed by atoms with E-state index in [4.69, 9.17) is 11.6 Å². The molecule has 140 valence electrons. The summed E-state index contributed by atoms with van der Waals surface area (Å²) in [6.07, 6.45) is 1.77. The number of rotatable bonds is 3. The van der Waals surface area contributed by atoms with Crippen LogP contribution in [0.5, 0.6) is 0 Å². The molecule has 1 aromatic heterocycles. The van der Waals surface area contributed by atoms with Crippen LogP contribution < -0.4 is 5.01 Å². The highest BCUT2D eigenvalue weighted by atomic mass is 79.9. The van der Waals surface area contributed by atoms with Gasteiger partial charge in [-0.3, -0.25) is 4.79 Å². The van der Waals surface area contributed by atoms with Crippen molar-refractivity contribution in [2.24, 2.45) is 5.10 Å². The van der Waals surface area contributed by atoms with Gasteiger partial charge in [-0.15, -0.1) is 0 Å². The minimum Gasteiger partial charge on any atom is -0.267 e. The van der Waals surface area contributed by atoms with Crippen molar-refractivity contribution in [1.29, 1.82) is 0 Å². The third-order valence-corrected chi connectivity index (χ3v) is 5.31. The van der Waals surface area contributed by atoms with Gasteiger partial charge in [0.15, 0.2) is 0 Å². The van der Waals surface area contributed by atoms with E-state index in [9.17, 15) is 4.79 Å². The first kappa shape index (κ1) is 18.7. The summed E-state index contributed by atoms with van der Waals surface area (Å²) in [6, 6.07) is 17.1. The van der Waals surface area contributed by atoms with Gasteiger partial charge < -0.3 is 0 Å². The van der Waals surface area contributed by atoms with Crippen molar-refractivity contribution in [1.82, 2.24) is 9.78 Å². The van der Waals surface area contributed by atoms with E-state index in [2.05, 4.69) is 26.1 Å². The van der Waals surface area contributed by atoms with E-state index >= 15 is 0 Å². The molecule has 0 bridgehead atoms. The van der Waals surface area contributed by atoms with Gasteiger partial charge in [0.1, 0.15) is 5.15 Å². The van der Waals surface area contributed by atoms with Gasteiger partial charge in [-0.1, -0.05) is 51.8 Å². The highest BCUT2D eigenvalue weighted by molar-refractivity contribution is 9.10. The molecular weight excluding hydrogens is 440 g/mol. The molecule has 0 fully saturated rings. The monoisotopic (exact) mass is 454 g/mol. The first-order valence-electron chi connectivity index (χ1n) is 8.63. The maximum atomic E-state index is 13.0. The third kappa shape index (κ3) is 3.30. The fraction of sp³-hybridized carbons (Fsp3) is 0.0952. The molecule has 0 saturated carbocycles. The fourth-order valence-corrected chi connectivity index (χ4v) is 3.74. The predicted molar refractivity (Wildman–Crippen MR) is 116 cm³/mol. The first-order chi connectivity index (χ1) is 13.5. The summed E-state index contributed by atoms with van der Waals surface area (Å²) < 4.78 is 2.55. The molecule has 2 heterocycles. The lowest BCUT2D eigenvalue weighted by Gasteiger charge is -2.11. The maximum Gasteiger partial charge on any atom is 0.280 e. The van der Waals surface area contributed by atoms with Crippen molar-refractivity contribution in [3.63, 3.8) is 0 Å². The molecule has 4 rings (SSSR count). The van der Waals surface area contributed by atoms with Crippen molar-refractivity contribution in [3.8, 4) is 5.69 Å². The van der Waals surface area contributed by atoms with Gasteiger partial charge in [-0.25, -0.2) is 4.68 Å². The van der Waals surface area contributed by atoms with Crippen LogP contribution in [-0.4, -0.2) is 21.4 Å². The zero-order valence-corrected chi connectivity index (χ0v) is 17.6. The SMILES string of the molecule is CC1=NN(c2cccc(Br)c2)C(=O)C1=Cc1c(C)nn(-c2ccccc2)c1Cl. The minimum atomic E-state index is -0.196. The highest BCUT2D eigenvalue weighted by Crippen LogP contribution is 2.30. The zero-order chi connectivity index (χ0) is 19.8. The number of nitrogens with zero attached hydrogens (tertiary/aromatic N) is 4. The molecule has 7 heteroatoms. The van der Waals surface area contributed by atoms with Gasteiger partial charge in [0.25, 0.3) is 5.91 Å². The van der Waals surface area contributed by atoms with Crippen molar-refractivity contribution in [3.05, 3.63) is 81.1 Å². The Morgan fingerprint density at radius 3 is 2.46 bits per heavy atom. The first-order valence-corrected chi connectivity index (χ1v) is 9.80. The number of benzene rings is 2. The van der Waals surface area contributed by atoms with E-state index in [1.807, 2.05) is 68.4 Å². The van der Waals surface area contributed by atoms with Crippen LogP contribution in [0.3, 0.4) is 0 Å². The molecular formula is C21H16BrClN4O. The second-order valence-corrected chi connectivity index (χ2v) is 7.65. The lowest BCUT2D eigenvalue weighted by Crippen LogP contribution is -2.21. The minimum absolute atomic E-state index is 0.196. The van der Waals surface area contributed by atoms with E-state index < -0.39 is 0 Å². The van der Waals surface area contributed by atoms with Crippen LogP contribution in [0.15, 0.2) is 69.7 Å². The summed E-state index contributed by atoms with van der Waals surface area (Å²) in [6.45, 7) is 3.68. The number of carbonyl (C=O) groups excluding carboxylic acids is 1. The molecule has 5 nitrogen and oxygen atoms in total. The number of para-hydroxylation sites is 1. The number of aromatic nitrogens is 2. The Bertz CT molecular complexity index is 1130. The largest absolute Gasteiger partial charge is 0.280 e. The number of halogens is 2. The second-order valence-electron chi connectivity index (χ2n) is 6.38. The molecule has 0 unspecified atom stereocenters. The van der Waals surface area contributed by atoms with Gasteiger partial charge in [-0.2, -0.15) is 15.2 Å². The molecule has 0 spiro atoms. The van der Waals surface area contributed by atoms with Crippen LogP contribution in [0.1, 0.15) is 18.2 Å². The highest BCUT2D eigenvalue weighted by Gasteiger charge is 2.29. The standard InChI is InChI=1S/C21H16BrClN4O/c1-13-18(20(23)26(24-13)16-8-4-3-5-9-16)12-19-14(2)25-27(21(19)28)17-10-6-7-15(22)11-17/h3-12H,1-2H3. The lowest BCUT2D eigenvalue weighted by atomic mass is 10.1. The summed E-state index contributed by atoms with van der Waals surface area (Å²) in [5.41, 5.74) is 4.14. The molecule has 0 atom stereocenters. The normalized spacial score (nSPS) is 15.4. The maximum absolute atomic E-state index is 13.0. The van der Waals surface area contributed by atoms with Crippen LogP contribution in [0, 0.1) is 6.92 Å². The average Bonchev–Trinajstić information content (AvgIpc) is 3.13. The number of amides is 1. The molecule has 0 aliphatic carbocycles. The summed E-state index contributed by atoms with van der Waals surface area (Å²) in [7, 11) is 0. The van der Waals surface area contributed by atoms with Gasteiger partial charge in [-0.05, 0) is 50.3 Å². The third-order valence-electron chi connectivity index (χ3n) is 4.45. The van der Waals surface area contributed by atoms with Crippen molar-refractivity contribution in [2.45, 2.75) is 13.8 Å². The molecule has 0 radical (unpaired) electrons. The Morgan fingerprint density at radius 2 is 1.75 bits per heavy atom. The van der Waals surface area contributed by atoms with Crippen molar-refractivity contribution >= 4 is 50.9 Å². The van der Waals surface area contributed by atoms with Gasteiger partial charge in [0.05, 0.1) is 28.4 Å². The van der Waals surface area contributed by atoms with Crippen LogP contribution >= 0.6 is 27.5 Å². The Morgan fingerprint density at radius 1 is 1.04 bits per heavy atom. The van der Waals surface area contributed by atoms with Crippen LogP contribution in [0.25, 0.3) is 11.8 Å². The summed E-state index contributed by atoms with van der Waals surface area (Å²) in [5, 5.41) is 10.8. The summed E-state index contributed by atoms with van der Waals surface area (Å²) in [5.74, 6) is -0.196. The van der Waals surface area contributed by atoms with Crippen molar-refractivity contribution in [2.75, 3.05) is 5.01 Å². The van der Waals surface area contributed by atoms with Gasteiger partial charge >= 0.3 is 0 Å².